The van der Waals surface area contributed by atoms with Crippen LogP contribution in [0.5, 0.6) is 0 Å². The summed E-state index contributed by atoms with van der Waals surface area (Å²) in [4.78, 5) is 37.8. The third-order valence-corrected chi connectivity index (χ3v) is 3.90. The lowest BCUT2D eigenvalue weighted by atomic mass is 10.00. The van der Waals surface area contributed by atoms with Crippen molar-refractivity contribution in [1.82, 2.24) is 10.2 Å². The van der Waals surface area contributed by atoms with Gasteiger partial charge in [0.2, 0.25) is 11.8 Å². The van der Waals surface area contributed by atoms with Crippen molar-refractivity contribution in [3.05, 3.63) is 11.6 Å². The zero-order chi connectivity index (χ0) is 20.5. The first-order valence-electron chi connectivity index (χ1n) is 8.65. The molecule has 0 aromatic heterocycles. The lowest BCUT2D eigenvalue weighted by molar-refractivity contribution is -0.138. The van der Waals surface area contributed by atoms with Crippen molar-refractivity contribution in [2.45, 2.75) is 46.2 Å². The van der Waals surface area contributed by atoms with E-state index < -0.39 is 17.4 Å². The van der Waals surface area contributed by atoms with Crippen LogP contribution in [-0.2, 0) is 23.9 Å². The number of amides is 2. The molecule has 0 aliphatic heterocycles. The number of likely N-dealkylation sites (N-methyl/N-ethyl adjacent to an activating group) is 1. The molecule has 150 valence electrons. The average molecular weight is 371 g/mol. The molecule has 0 aromatic rings. The monoisotopic (exact) mass is 371 g/mol. The fourth-order valence-corrected chi connectivity index (χ4v) is 2.33. The Labute approximate surface area is 156 Å². The van der Waals surface area contributed by atoms with Crippen LogP contribution < -0.4 is 11.1 Å². The maximum Gasteiger partial charge on any atom is 0.333 e. The second-order valence-electron chi connectivity index (χ2n) is 6.84. The first-order chi connectivity index (χ1) is 12.0. The maximum atomic E-state index is 12.4. The standard InChI is InChI=1S/C18H33N3O5/c1-8-26-16(23)13(4)9-14(12(2)3)21(6)15(22)10-20-17(24)18(5,19)11-25-7/h9,12,14H,8,10-11,19H2,1-7H3,(H,20,24)/t14-,18?/m1/s1. The molecule has 8 heteroatoms. The molecular formula is C18H33N3O5. The number of rotatable bonds is 10. The molecule has 0 bridgehead atoms. The van der Waals surface area contributed by atoms with Gasteiger partial charge in [-0.25, -0.2) is 4.79 Å². The number of carbonyl (C=O) groups is 3. The van der Waals surface area contributed by atoms with Crippen LogP contribution in [0.25, 0.3) is 0 Å². The lowest BCUT2D eigenvalue weighted by Crippen LogP contribution is -2.56. The Morgan fingerprint density at radius 1 is 1.31 bits per heavy atom. The van der Waals surface area contributed by atoms with Crippen molar-refractivity contribution < 1.29 is 23.9 Å². The van der Waals surface area contributed by atoms with Gasteiger partial charge >= 0.3 is 5.97 Å². The van der Waals surface area contributed by atoms with Gasteiger partial charge in [-0.05, 0) is 26.7 Å². The molecule has 3 N–H and O–H groups in total. The Kier molecular flexibility index (Phi) is 10.1. The van der Waals surface area contributed by atoms with E-state index in [1.165, 1.54) is 18.9 Å². The zero-order valence-electron chi connectivity index (χ0n) is 16.9. The van der Waals surface area contributed by atoms with E-state index in [9.17, 15) is 14.4 Å². The van der Waals surface area contributed by atoms with E-state index >= 15 is 0 Å². The Morgan fingerprint density at radius 3 is 2.35 bits per heavy atom. The molecule has 0 aliphatic carbocycles. The minimum Gasteiger partial charge on any atom is -0.463 e. The van der Waals surface area contributed by atoms with Crippen LogP contribution in [0.15, 0.2) is 11.6 Å². The van der Waals surface area contributed by atoms with Gasteiger partial charge in [-0.3, -0.25) is 9.59 Å². The second kappa shape index (κ2) is 10.9. The predicted octanol–water partition coefficient (Wildman–Crippen LogP) is 0.459. The molecule has 0 rings (SSSR count). The summed E-state index contributed by atoms with van der Waals surface area (Å²) in [5.74, 6) is -1.11. The Morgan fingerprint density at radius 2 is 1.88 bits per heavy atom. The van der Waals surface area contributed by atoms with Crippen molar-refractivity contribution in [2.24, 2.45) is 11.7 Å². The summed E-state index contributed by atoms with van der Waals surface area (Å²) in [6.07, 6.45) is 1.71. The summed E-state index contributed by atoms with van der Waals surface area (Å²) in [6.45, 7) is 8.94. The predicted molar refractivity (Wildman–Crippen MR) is 99.3 cm³/mol. The SMILES string of the molecule is CCOC(=O)C(C)=C[C@H](C(C)C)N(C)C(=O)CNC(=O)C(C)(N)COC. The second-order valence-corrected chi connectivity index (χ2v) is 6.84. The van der Waals surface area contributed by atoms with Crippen molar-refractivity contribution in [1.29, 1.82) is 0 Å². The van der Waals surface area contributed by atoms with Crippen molar-refractivity contribution >= 4 is 17.8 Å². The summed E-state index contributed by atoms with van der Waals surface area (Å²) in [5.41, 5.74) is 5.06. The minimum absolute atomic E-state index is 0.0406. The van der Waals surface area contributed by atoms with Crippen LogP contribution in [0.2, 0.25) is 0 Å². The fraction of sp³-hybridized carbons (Fsp3) is 0.722. The van der Waals surface area contributed by atoms with Crippen LogP contribution in [0, 0.1) is 5.92 Å². The molecule has 0 aliphatic rings. The highest BCUT2D eigenvalue weighted by molar-refractivity contribution is 5.90. The topological polar surface area (TPSA) is 111 Å². The lowest BCUT2D eigenvalue weighted by Gasteiger charge is -2.30. The number of hydrogen-bond donors (Lipinski definition) is 2. The van der Waals surface area contributed by atoms with E-state index in [-0.39, 0.29) is 37.6 Å². The molecule has 0 radical (unpaired) electrons. The summed E-state index contributed by atoms with van der Waals surface area (Å²) >= 11 is 0. The summed E-state index contributed by atoms with van der Waals surface area (Å²) in [5, 5.41) is 2.53. The molecular weight excluding hydrogens is 338 g/mol. The van der Waals surface area contributed by atoms with Crippen LogP contribution >= 0.6 is 0 Å². The third kappa shape index (κ3) is 7.53. The number of carbonyl (C=O) groups excluding carboxylic acids is 3. The molecule has 0 saturated heterocycles. The van der Waals surface area contributed by atoms with Gasteiger partial charge in [-0.2, -0.15) is 0 Å². The van der Waals surface area contributed by atoms with Gasteiger partial charge in [-0.1, -0.05) is 19.9 Å². The first kappa shape index (κ1) is 24.1. The molecule has 2 amide bonds. The van der Waals surface area contributed by atoms with E-state index in [0.717, 1.165) is 0 Å². The molecule has 0 spiro atoms. The third-order valence-electron chi connectivity index (χ3n) is 3.90. The van der Waals surface area contributed by atoms with Crippen LogP contribution in [-0.4, -0.2) is 68.2 Å². The normalized spacial score (nSPS) is 15.2. The molecule has 0 fully saturated rings. The average Bonchev–Trinajstić information content (AvgIpc) is 2.55. The van der Waals surface area contributed by atoms with E-state index in [1.54, 1.807) is 27.0 Å². The zero-order valence-corrected chi connectivity index (χ0v) is 16.9. The Balaban J connectivity index is 5.01. The fourth-order valence-electron chi connectivity index (χ4n) is 2.33. The van der Waals surface area contributed by atoms with Crippen molar-refractivity contribution in [3.63, 3.8) is 0 Å². The van der Waals surface area contributed by atoms with Gasteiger partial charge < -0.3 is 25.4 Å². The molecule has 1 unspecified atom stereocenters. The van der Waals surface area contributed by atoms with Crippen molar-refractivity contribution in [3.8, 4) is 0 Å². The summed E-state index contributed by atoms with van der Waals surface area (Å²) < 4.78 is 9.88. The van der Waals surface area contributed by atoms with Gasteiger partial charge in [0.05, 0.1) is 25.8 Å². The van der Waals surface area contributed by atoms with Crippen LogP contribution in [0.4, 0.5) is 0 Å². The maximum absolute atomic E-state index is 12.4. The molecule has 0 heterocycles. The highest BCUT2D eigenvalue weighted by Crippen LogP contribution is 2.14. The van der Waals surface area contributed by atoms with Gasteiger partial charge in [0, 0.05) is 19.7 Å². The summed E-state index contributed by atoms with van der Waals surface area (Å²) in [6, 6.07) is -0.313. The van der Waals surface area contributed by atoms with E-state index in [4.69, 9.17) is 15.2 Å². The van der Waals surface area contributed by atoms with Crippen molar-refractivity contribution in [2.75, 3.05) is 33.9 Å². The Hall–Kier alpha value is -1.93. The molecule has 26 heavy (non-hydrogen) atoms. The minimum atomic E-state index is -1.22. The molecule has 0 aromatic carbocycles. The van der Waals surface area contributed by atoms with Gasteiger partial charge in [-0.15, -0.1) is 0 Å². The van der Waals surface area contributed by atoms with Gasteiger partial charge in [0.15, 0.2) is 0 Å². The number of nitrogens with two attached hydrogens (primary N) is 1. The molecule has 0 saturated carbocycles. The number of nitrogens with one attached hydrogen (secondary N) is 1. The van der Waals surface area contributed by atoms with Crippen LogP contribution in [0.1, 0.15) is 34.6 Å². The smallest absolute Gasteiger partial charge is 0.333 e. The number of ether oxygens (including phenoxy) is 2. The first-order valence-corrected chi connectivity index (χ1v) is 8.65. The summed E-state index contributed by atoms with van der Waals surface area (Å²) in [7, 11) is 3.08. The highest BCUT2D eigenvalue weighted by Gasteiger charge is 2.29. The Bertz CT molecular complexity index is 529. The molecule has 8 nitrogen and oxygen atoms in total. The van der Waals surface area contributed by atoms with E-state index in [1.807, 2.05) is 13.8 Å². The van der Waals surface area contributed by atoms with Gasteiger partial charge in [0.1, 0.15) is 5.54 Å². The van der Waals surface area contributed by atoms with E-state index in [2.05, 4.69) is 5.32 Å². The van der Waals surface area contributed by atoms with Crippen LogP contribution in [0.3, 0.4) is 0 Å². The molecule has 2 atom stereocenters. The van der Waals surface area contributed by atoms with E-state index in [0.29, 0.717) is 5.57 Å². The number of methoxy groups -OCH3 is 1. The van der Waals surface area contributed by atoms with Gasteiger partial charge in [0.25, 0.3) is 0 Å². The quantitative estimate of drug-likeness (QED) is 0.426. The highest BCUT2D eigenvalue weighted by atomic mass is 16.5. The number of hydrogen-bond acceptors (Lipinski definition) is 6. The number of esters is 1. The largest absolute Gasteiger partial charge is 0.463 e. The number of nitrogens with zero attached hydrogens (tertiary/aromatic N) is 1.